The van der Waals surface area contributed by atoms with E-state index in [1.165, 1.54) is 4.88 Å². The molecule has 0 bridgehead atoms. The molecular formula is C15H22IN7OS. The van der Waals surface area contributed by atoms with E-state index in [9.17, 15) is 4.79 Å². The van der Waals surface area contributed by atoms with Gasteiger partial charge in [0.05, 0.1) is 29.6 Å². The summed E-state index contributed by atoms with van der Waals surface area (Å²) in [5, 5.41) is 7.45. The molecule has 2 aromatic heterocycles. The number of aromatic nitrogens is 3. The second-order valence-electron chi connectivity index (χ2n) is 5.60. The van der Waals surface area contributed by atoms with E-state index in [-0.39, 0.29) is 29.9 Å². The van der Waals surface area contributed by atoms with Crippen LogP contribution >= 0.6 is 35.3 Å². The van der Waals surface area contributed by atoms with E-state index in [2.05, 4.69) is 20.4 Å². The molecule has 8 nitrogen and oxygen atoms in total. The molecule has 1 amide bonds. The molecular weight excluding hydrogens is 453 g/mol. The Morgan fingerprint density at radius 2 is 2.24 bits per heavy atom. The Hall–Kier alpha value is -1.69. The van der Waals surface area contributed by atoms with Crippen LogP contribution in [0.3, 0.4) is 0 Å². The van der Waals surface area contributed by atoms with Crippen LogP contribution in [0.25, 0.3) is 0 Å². The summed E-state index contributed by atoms with van der Waals surface area (Å²) in [5.74, 6) is 0.785. The molecule has 1 saturated heterocycles. The highest BCUT2D eigenvalue weighted by Gasteiger charge is 2.27. The topological polar surface area (TPSA) is 78.7 Å². The van der Waals surface area contributed by atoms with Gasteiger partial charge in [0.15, 0.2) is 5.96 Å². The van der Waals surface area contributed by atoms with Gasteiger partial charge in [-0.15, -0.1) is 35.3 Å². The minimum absolute atomic E-state index is 0. The number of thiazole rings is 1. The molecule has 0 aliphatic carbocycles. The van der Waals surface area contributed by atoms with Gasteiger partial charge in [-0.1, -0.05) is 0 Å². The predicted octanol–water partition coefficient (Wildman–Crippen LogP) is 1.23. The van der Waals surface area contributed by atoms with E-state index in [4.69, 9.17) is 0 Å². The Morgan fingerprint density at radius 3 is 2.80 bits per heavy atom. The molecule has 1 N–H and O–H groups in total. The lowest BCUT2D eigenvalue weighted by molar-refractivity contribution is -0.120. The molecule has 1 fully saturated rings. The van der Waals surface area contributed by atoms with Crippen molar-refractivity contribution < 1.29 is 4.79 Å². The Kier molecular flexibility index (Phi) is 6.76. The molecule has 3 heterocycles. The number of rotatable bonds is 3. The van der Waals surface area contributed by atoms with Crippen molar-refractivity contribution in [1.82, 2.24) is 25.0 Å². The summed E-state index contributed by atoms with van der Waals surface area (Å²) in [4.78, 5) is 26.0. The number of amides is 1. The molecule has 1 aliphatic rings. The van der Waals surface area contributed by atoms with Crippen LogP contribution in [0.4, 0.5) is 5.69 Å². The van der Waals surface area contributed by atoms with Crippen LogP contribution in [-0.4, -0.2) is 58.2 Å². The number of aryl methyl sites for hydroxylation is 2. The number of carbonyl (C=O) groups excluding carboxylic acids is 1. The van der Waals surface area contributed by atoms with Crippen LogP contribution in [0, 0.1) is 6.92 Å². The fourth-order valence-corrected chi connectivity index (χ4v) is 3.38. The normalized spacial score (nSPS) is 15.3. The van der Waals surface area contributed by atoms with Crippen molar-refractivity contribution in [2.75, 3.05) is 31.6 Å². The third kappa shape index (κ3) is 4.48. The molecule has 2 aromatic rings. The Morgan fingerprint density at radius 1 is 1.44 bits per heavy atom. The number of hydrogen-bond donors (Lipinski definition) is 1. The first-order valence-electron chi connectivity index (χ1n) is 7.72. The number of nitrogens with one attached hydrogen (secondary N) is 1. The minimum atomic E-state index is 0. The van der Waals surface area contributed by atoms with Crippen LogP contribution < -0.4 is 10.2 Å². The molecule has 10 heteroatoms. The number of anilines is 1. The van der Waals surface area contributed by atoms with Crippen molar-refractivity contribution in [2.45, 2.75) is 13.5 Å². The SMILES string of the molecule is CN=C(NCc1scnc1C)N1CCN(c2cnn(C)c2)C(=O)C1.I. The van der Waals surface area contributed by atoms with Gasteiger partial charge in [0, 0.05) is 38.3 Å². The lowest BCUT2D eigenvalue weighted by Crippen LogP contribution is -2.55. The lowest BCUT2D eigenvalue weighted by Gasteiger charge is -2.35. The molecule has 136 valence electrons. The maximum absolute atomic E-state index is 12.5. The van der Waals surface area contributed by atoms with Crippen LogP contribution in [0.15, 0.2) is 22.9 Å². The van der Waals surface area contributed by atoms with Crippen molar-refractivity contribution in [3.63, 3.8) is 0 Å². The van der Waals surface area contributed by atoms with Crippen LogP contribution in [-0.2, 0) is 18.4 Å². The van der Waals surface area contributed by atoms with Crippen molar-refractivity contribution in [3.05, 3.63) is 28.5 Å². The zero-order valence-electron chi connectivity index (χ0n) is 14.5. The van der Waals surface area contributed by atoms with Crippen molar-refractivity contribution in [3.8, 4) is 0 Å². The van der Waals surface area contributed by atoms with Crippen LogP contribution in [0.2, 0.25) is 0 Å². The van der Waals surface area contributed by atoms with Gasteiger partial charge >= 0.3 is 0 Å². The van der Waals surface area contributed by atoms with E-state index in [1.54, 1.807) is 34.2 Å². The molecule has 25 heavy (non-hydrogen) atoms. The lowest BCUT2D eigenvalue weighted by atomic mass is 10.3. The van der Waals surface area contributed by atoms with Gasteiger partial charge < -0.3 is 15.1 Å². The second-order valence-corrected chi connectivity index (χ2v) is 6.54. The van der Waals surface area contributed by atoms with Gasteiger partial charge in [0.1, 0.15) is 6.54 Å². The number of nitrogens with zero attached hydrogens (tertiary/aromatic N) is 6. The van der Waals surface area contributed by atoms with Gasteiger partial charge in [0.25, 0.3) is 0 Å². The fourth-order valence-electron chi connectivity index (χ4n) is 2.66. The van der Waals surface area contributed by atoms with Crippen LogP contribution in [0.1, 0.15) is 10.6 Å². The summed E-state index contributed by atoms with van der Waals surface area (Å²) in [6.45, 7) is 4.30. The summed E-state index contributed by atoms with van der Waals surface area (Å²) in [7, 11) is 3.58. The summed E-state index contributed by atoms with van der Waals surface area (Å²) in [5.41, 5.74) is 3.71. The number of hydrogen-bond acceptors (Lipinski definition) is 5. The Bertz CT molecular complexity index is 757. The average molecular weight is 475 g/mol. The number of halogens is 1. The maximum atomic E-state index is 12.5. The quantitative estimate of drug-likeness (QED) is 0.411. The number of carbonyl (C=O) groups is 1. The van der Waals surface area contributed by atoms with E-state index < -0.39 is 0 Å². The van der Waals surface area contributed by atoms with Crippen molar-refractivity contribution >= 4 is 52.9 Å². The van der Waals surface area contributed by atoms with E-state index in [1.807, 2.05) is 30.6 Å². The van der Waals surface area contributed by atoms with Gasteiger partial charge in [0.2, 0.25) is 5.91 Å². The average Bonchev–Trinajstić information content (AvgIpc) is 3.17. The number of piperazine rings is 1. The third-order valence-electron chi connectivity index (χ3n) is 3.99. The third-order valence-corrected chi connectivity index (χ3v) is 4.92. The monoisotopic (exact) mass is 475 g/mol. The van der Waals surface area contributed by atoms with E-state index >= 15 is 0 Å². The van der Waals surface area contributed by atoms with Gasteiger partial charge in [-0.25, -0.2) is 4.98 Å². The molecule has 0 unspecified atom stereocenters. The van der Waals surface area contributed by atoms with Crippen molar-refractivity contribution in [1.29, 1.82) is 0 Å². The first-order chi connectivity index (χ1) is 11.6. The smallest absolute Gasteiger partial charge is 0.246 e. The number of guanidine groups is 1. The molecule has 0 spiro atoms. The summed E-state index contributed by atoms with van der Waals surface area (Å²) < 4.78 is 1.70. The molecule has 3 rings (SSSR count). The molecule has 0 atom stereocenters. The van der Waals surface area contributed by atoms with Gasteiger partial charge in [-0.2, -0.15) is 5.10 Å². The summed E-state index contributed by atoms with van der Waals surface area (Å²) in [6, 6.07) is 0. The highest BCUT2D eigenvalue weighted by atomic mass is 127. The molecule has 0 saturated carbocycles. The Labute approximate surface area is 168 Å². The van der Waals surface area contributed by atoms with E-state index in [0.29, 0.717) is 19.6 Å². The predicted molar refractivity (Wildman–Crippen MR) is 110 cm³/mol. The fraction of sp³-hybridized carbons (Fsp3) is 0.467. The zero-order chi connectivity index (χ0) is 17.1. The zero-order valence-corrected chi connectivity index (χ0v) is 17.6. The maximum Gasteiger partial charge on any atom is 0.246 e. The highest BCUT2D eigenvalue weighted by Crippen LogP contribution is 2.16. The largest absolute Gasteiger partial charge is 0.351 e. The second kappa shape index (κ2) is 8.61. The van der Waals surface area contributed by atoms with Gasteiger partial charge in [-0.05, 0) is 6.92 Å². The Balaban J connectivity index is 0.00000225. The minimum Gasteiger partial charge on any atom is -0.351 e. The first-order valence-corrected chi connectivity index (χ1v) is 8.60. The summed E-state index contributed by atoms with van der Waals surface area (Å²) in [6.07, 6.45) is 3.57. The number of aliphatic imine (C=N–C) groups is 1. The van der Waals surface area contributed by atoms with Gasteiger partial charge in [-0.3, -0.25) is 14.5 Å². The van der Waals surface area contributed by atoms with E-state index in [0.717, 1.165) is 23.9 Å². The highest BCUT2D eigenvalue weighted by molar-refractivity contribution is 14.0. The molecule has 1 aliphatic heterocycles. The summed E-state index contributed by atoms with van der Waals surface area (Å²) >= 11 is 1.62. The standard InChI is InChI=1S/C15H21N7OS.HI/c1-11-13(24-10-18-11)7-17-15(16-2)21-4-5-22(14(23)9-21)12-6-19-20(3)8-12;/h6,8,10H,4-5,7,9H2,1-3H3,(H,16,17);1H. The molecule has 0 radical (unpaired) electrons. The molecule has 0 aromatic carbocycles. The first kappa shape index (κ1) is 19.6. The van der Waals surface area contributed by atoms with Crippen molar-refractivity contribution in [2.24, 2.45) is 12.0 Å². The van der Waals surface area contributed by atoms with Crippen LogP contribution in [0.5, 0.6) is 0 Å².